The standard InChI is InChI=1S/C18H18O5/c19-18(20)6-2-4-13-3-1-5-15(9-13)21-11-14-7-8-16-17(10-14)23-12-22-16/h1,3,5,7-10H,2,4,6,11-12H2,(H,19,20). The quantitative estimate of drug-likeness (QED) is 0.848. The maximum Gasteiger partial charge on any atom is 0.303 e. The molecule has 0 unspecified atom stereocenters. The van der Waals surface area contributed by atoms with Gasteiger partial charge < -0.3 is 19.3 Å². The highest BCUT2D eigenvalue weighted by Gasteiger charge is 2.13. The SMILES string of the molecule is O=C(O)CCCc1cccc(OCc2ccc3c(c2)OCO3)c1. The van der Waals surface area contributed by atoms with Crippen LogP contribution in [-0.4, -0.2) is 17.9 Å². The highest BCUT2D eigenvalue weighted by atomic mass is 16.7. The Morgan fingerprint density at radius 3 is 2.83 bits per heavy atom. The molecule has 0 atom stereocenters. The predicted molar refractivity (Wildman–Crippen MR) is 83.9 cm³/mol. The molecule has 23 heavy (non-hydrogen) atoms. The average molecular weight is 314 g/mol. The smallest absolute Gasteiger partial charge is 0.303 e. The lowest BCUT2D eigenvalue weighted by Crippen LogP contribution is -1.98. The molecule has 2 aromatic carbocycles. The fourth-order valence-corrected chi connectivity index (χ4v) is 2.43. The highest BCUT2D eigenvalue weighted by molar-refractivity contribution is 5.66. The van der Waals surface area contributed by atoms with Crippen molar-refractivity contribution in [1.82, 2.24) is 0 Å². The number of carboxylic acids is 1. The van der Waals surface area contributed by atoms with Crippen molar-refractivity contribution in [3.63, 3.8) is 0 Å². The molecule has 5 nitrogen and oxygen atoms in total. The Hall–Kier alpha value is -2.69. The molecule has 0 bridgehead atoms. The fourth-order valence-electron chi connectivity index (χ4n) is 2.43. The van der Waals surface area contributed by atoms with E-state index in [-0.39, 0.29) is 13.2 Å². The number of hydrogen-bond acceptors (Lipinski definition) is 4. The molecule has 1 heterocycles. The molecule has 0 amide bonds. The first-order chi connectivity index (χ1) is 11.2. The highest BCUT2D eigenvalue weighted by Crippen LogP contribution is 2.32. The normalized spacial score (nSPS) is 12.2. The van der Waals surface area contributed by atoms with Gasteiger partial charge in [0.2, 0.25) is 6.79 Å². The van der Waals surface area contributed by atoms with Crippen LogP contribution in [0.15, 0.2) is 42.5 Å². The third kappa shape index (κ3) is 4.16. The molecule has 0 radical (unpaired) electrons. The van der Waals surface area contributed by atoms with Gasteiger partial charge in [0.1, 0.15) is 12.4 Å². The Balaban J connectivity index is 1.56. The monoisotopic (exact) mass is 314 g/mol. The van der Waals surface area contributed by atoms with E-state index in [0.717, 1.165) is 34.8 Å². The largest absolute Gasteiger partial charge is 0.489 e. The van der Waals surface area contributed by atoms with Crippen LogP contribution < -0.4 is 14.2 Å². The molecule has 2 aromatic rings. The van der Waals surface area contributed by atoms with E-state index in [2.05, 4.69) is 0 Å². The van der Waals surface area contributed by atoms with E-state index in [1.54, 1.807) is 0 Å². The van der Waals surface area contributed by atoms with Crippen LogP contribution in [0.3, 0.4) is 0 Å². The summed E-state index contributed by atoms with van der Waals surface area (Å²) in [6.07, 6.45) is 1.54. The van der Waals surface area contributed by atoms with Crippen LogP contribution in [0.1, 0.15) is 24.0 Å². The summed E-state index contributed by atoms with van der Waals surface area (Å²) in [6, 6.07) is 13.5. The molecule has 120 valence electrons. The Labute approximate surface area is 134 Å². The summed E-state index contributed by atoms with van der Waals surface area (Å²) in [5, 5.41) is 8.68. The zero-order chi connectivity index (χ0) is 16.1. The van der Waals surface area contributed by atoms with Gasteiger partial charge in [-0.15, -0.1) is 0 Å². The number of ether oxygens (including phenoxy) is 3. The summed E-state index contributed by atoms with van der Waals surface area (Å²) in [7, 11) is 0. The van der Waals surface area contributed by atoms with Gasteiger partial charge in [-0.1, -0.05) is 18.2 Å². The molecule has 0 saturated carbocycles. The van der Waals surface area contributed by atoms with Crippen molar-refractivity contribution >= 4 is 5.97 Å². The summed E-state index contributed by atoms with van der Waals surface area (Å²) >= 11 is 0. The molecule has 1 aliphatic heterocycles. The molecule has 0 fully saturated rings. The van der Waals surface area contributed by atoms with E-state index in [9.17, 15) is 4.79 Å². The fraction of sp³-hybridized carbons (Fsp3) is 0.278. The summed E-state index contributed by atoms with van der Waals surface area (Å²) < 4.78 is 16.4. The van der Waals surface area contributed by atoms with E-state index < -0.39 is 5.97 Å². The first-order valence-corrected chi connectivity index (χ1v) is 7.53. The van der Waals surface area contributed by atoms with Gasteiger partial charge in [0, 0.05) is 6.42 Å². The third-order valence-electron chi connectivity index (χ3n) is 3.60. The van der Waals surface area contributed by atoms with Crippen LogP contribution in [-0.2, 0) is 17.8 Å². The molecule has 0 aliphatic carbocycles. The number of aryl methyl sites for hydroxylation is 1. The van der Waals surface area contributed by atoms with Crippen LogP contribution in [0.5, 0.6) is 17.2 Å². The minimum Gasteiger partial charge on any atom is -0.489 e. The lowest BCUT2D eigenvalue weighted by Gasteiger charge is -2.08. The number of carbonyl (C=O) groups is 1. The summed E-state index contributed by atoms with van der Waals surface area (Å²) in [4.78, 5) is 10.6. The Kier molecular flexibility index (Phi) is 4.66. The number of carboxylic acid groups (broad SMARTS) is 1. The van der Waals surface area contributed by atoms with Crippen LogP contribution in [0.4, 0.5) is 0 Å². The van der Waals surface area contributed by atoms with E-state index in [1.165, 1.54) is 0 Å². The molecule has 5 heteroatoms. The van der Waals surface area contributed by atoms with Crippen molar-refractivity contribution < 1.29 is 24.1 Å². The van der Waals surface area contributed by atoms with Gasteiger partial charge in [-0.25, -0.2) is 0 Å². The molecule has 0 aromatic heterocycles. The van der Waals surface area contributed by atoms with Gasteiger partial charge in [0.15, 0.2) is 11.5 Å². The molecular formula is C18H18O5. The van der Waals surface area contributed by atoms with Crippen molar-refractivity contribution in [2.75, 3.05) is 6.79 Å². The van der Waals surface area contributed by atoms with Gasteiger partial charge in [-0.2, -0.15) is 0 Å². The second-order valence-electron chi connectivity index (χ2n) is 5.37. The van der Waals surface area contributed by atoms with Gasteiger partial charge in [0.25, 0.3) is 0 Å². The van der Waals surface area contributed by atoms with Crippen molar-refractivity contribution in [2.45, 2.75) is 25.9 Å². The molecule has 0 saturated heterocycles. The van der Waals surface area contributed by atoms with E-state index in [4.69, 9.17) is 19.3 Å². The number of hydrogen-bond donors (Lipinski definition) is 1. The Morgan fingerprint density at radius 1 is 1.09 bits per heavy atom. The summed E-state index contributed by atoms with van der Waals surface area (Å²) in [5.74, 6) is 1.51. The van der Waals surface area contributed by atoms with Crippen molar-refractivity contribution in [3.8, 4) is 17.2 Å². The zero-order valence-corrected chi connectivity index (χ0v) is 12.7. The van der Waals surface area contributed by atoms with Crippen LogP contribution in [0, 0.1) is 0 Å². The maximum atomic E-state index is 10.6. The zero-order valence-electron chi connectivity index (χ0n) is 12.7. The van der Waals surface area contributed by atoms with E-state index >= 15 is 0 Å². The lowest BCUT2D eigenvalue weighted by molar-refractivity contribution is -0.137. The Morgan fingerprint density at radius 2 is 1.96 bits per heavy atom. The number of aliphatic carboxylic acids is 1. The first kappa shape index (κ1) is 15.2. The minimum absolute atomic E-state index is 0.183. The summed E-state index contributed by atoms with van der Waals surface area (Å²) in [5.41, 5.74) is 2.08. The average Bonchev–Trinajstić information content (AvgIpc) is 3.00. The van der Waals surface area contributed by atoms with Crippen LogP contribution in [0.2, 0.25) is 0 Å². The van der Waals surface area contributed by atoms with Crippen molar-refractivity contribution in [1.29, 1.82) is 0 Å². The van der Waals surface area contributed by atoms with E-state index in [0.29, 0.717) is 13.0 Å². The third-order valence-corrected chi connectivity index (χ3v) is 3.60. The molecule has 0 spiro atoms. The predicted octanol–water partition coefficient (Wildman–Crippen LogP) is 3.40. The second-order valence-corrected chi connectivity index (χ2v) is 5.37. The number of fused-ring (bicyclic) bond motifs is 1. The minimum atomic E-state index is -0.764. The Bertz CT molecular complexity index is 696. The maximum absolute atomic E-state index is 10.6. The van der Waals surface area contributed by atoms with Crippen molar-refractivity contribution in [2.24, 2.45) is 0 Å². The molecule has 3 rings (SSSR count). The number of benzene rings is 2. The van der Waals surface area contributed by atoms with Gasteiger partial charge in [-0.05, 0) is 48.2 Å². The number of rotatable bonds is 7. The van der Waals surface area contributed by atoms with Gasteiger partial charge >= 0.3 is 5.97 Å². The summed E-state index contributed by atoms with van der Waals surface area (Å²) in [6.45, 7) is 0.702. The molecule has 1 N–H and O–H groups in total. The van der Waals surface area contributed by atoms with Crippen LogP contribution >= 0.6 is 0 Å². The second kappa shape index (κ2) is 7.05. The van der Waals surface area contributed by atoms with Crippen molar-refractivity contribution in [3.05, 3.63) is 53.6 Å². The molecule has 1 aliphatic rings. The van der Waals surface area contributed by atoms with E-state index in [1.807, 2.05) is 42.5 Å². The van der Waals surface area contributed by atoms with Crippen LogP contribution in [0.25, 0.3) is 0 Å². The lowest BCUT2D eigenvalue weighted by atomic mass is 10.1. The van der Waals surface area contributed by atoms with Gasteiger partial charge in [0.05, 0.1) is 0 Å². The molecular weight excluding hydrogens is 296 g/mol. The topological polar surface area (TPSA) is 65.0 Å². The van der Waals surface area contributed by atoms with Gasteiger partial charge in [-0.3, -0.25) is 4.79 Å². The first-order valence-electron chi connectivity index (χ1n) is 7.53.